The van der Waals surface area contributed by atoms with E-state index >= 15 is 0 Å². The van der Waals surface area contributed by atoms with E-state index in [4.69, 9.17) is 9.47 Å². The van der Waals surface area contributed by atoms with Crippen LogP contribution >= 0.6 is 0 Å². The second kappa shape index (κ2) is 8.87. The van der Waals surface area contributed by atoms with Crippen LogP contribution in [0.25, 0.3) is 5.76 Å². The Labute approximate surface area is 169 Å². The van der Waals surface area contributed by atoms with Gasteiger partial charge in [-0.2, -0.15) is 0 Å². The maximum Gasteiger partial charge on any atom is 0.295 e. The summed E-state index contributed by atoms with van der Waals surface area (Å²) in [6, 6.07) is 7.97. The van der Waals surface area contributed by atoms with Gasteiger partial charge < -0.3 is 19.5 Å². The first-order valence-corrected chi connectivity index (χ1v) is 9.31. The normalized spacial score (nSPS) is 18.3. The maximum atomic E-state index is 12.9. The van der Waals surface area contributed by atoms with Crippen LogP contribution in [-0.4, -0.2) is 54.1 Å². The van der Waals surface area contributed by atoms with Gasteiger partial charge in [0.15, 0.2) is 0 Å². The van der Waals surface area contributed by atoms with Gasteiger partial charge in [0.05, 0.1) is 18.7 Å². The van der Waals surface area contributed by atoms with Gasteiger partial charge in [0.25, 0.3) is 11.7 Å². The summed E-state index contributed by atoms with van der Waals surface area (Å²) in [6.07, 6.45) is 3.78. The molecule has 1 saturated heterocycles. The summed E-state index contributed by atoms with van der Waals surface area (Å²) < 4.78 is 10.3. The Kier molecular flexibility index (Phi) is 6.29. The molecule has 0 spiro atoms. The minimum Gasteiger partial charge on any atom is -0.507 e. The number of benzene rings is 1. The van der Waals surface area contributed by atoms with Gasteiger partial charge in [-0.05, 0) is 54.8 Å². The van der Waals surface area contributed by atoms with Crippen molar-refractivity contribution in [2.24, 2.45) is 0 Å². The van der Waals surface area contributed by atoms with E-state index in [1.54, 1.807) is 56.9 Å². The van der Waals surface area contributed by atoms with Crippen LogP contribution in [-0.2, 0) is 14.3 Å². The van der Waals surface area contributed by atoms with Crippen molar-refractivity contribution in [1.29, 1.82) is 0 Å². The third-order valence-corrected chi connectivity index (χ3v) is 5.00. The van der Waals surface area contributed by atoms with E-state index in [-0.39, 0.29) is 11.3 Å². The molecule has 7 nitrogen and oxygen atoms in total. The largest absolute Gasteiger partial charge is 0.507 e. The van der Waals surface area contributed by atoms with E-state index < -0.39 is 17.7 Å². The molecule has 1 amide bonds. The zero-order valence-electron chi connectivity index (χ0n) is 16.7. The first-order chi connectivity index (χ1) is 14.0. The van der Waals surface area contributed by atoms with Gasteiger partial charge in [0.1, 0.15) is 11.5 Å². The quantitative estimate of drug-likeness (QED) is 0.335. The zero-order valence-corrected chi connectivity index (χ0v) is 16.7. The highest BCUT2D eigenvalue weighted by molar-refractivity contribution is 6.46. The number of Topliss-reactive ketones (excluding diaryl/α,β-unsaturated/α-hetero) is 1. The van der Waals surface area contributed by atoms with E-state index in [9.17, 15) is 14.7 Å². The zero-order chi connectivity index (χ0) is 21.0. The fourth-order valence-electron chi connectivity index (χ4n) is 3.56. The second-order valence-corrected chi connectivity index (χ2v) is 6.80. The van der Waals surface area contributed by atoms with E-state index in [1.807, 2.05) is 6.92 Å². The third-order valence-electron chi connectivity index (χ3n) is 5.00. The Hall–Kier alpha value is -3.19. The molecule has 3 rings (SSSR count). The maximum absolute atomic E-state index is 12.9. The number of aryl methyl sites for hydroxylation is 1. The number of likely N-dealkylation sites (tertiary alicyclic amines) is 1. The Bertz CT molecular complexity index is 939. The molecule has 1 atom stereocenters. The molecule has 0 unspecified atom stereocenters. The van der Waals surface area contributed by atoms with Crippen molar-refractivity contribution in [2.45, 2.75) is 19.4 Å². The number of ether oxygens (including phenoxy) is 2. The average Bonchev–Trinajstić information content (AvgIpc) is 2.99. The summed E-state index contributed by atoms with van der Waals surface area (Å²) in [6.45, 7) is 2.61. The minimum atomic E-state index is -0.697. The number of carbonyl (C=O) groups excluding carboxylic acids is 2. The number of hydrogen-bond donors (Lipinski definition) is 1. The molecule has 2 heterocycles. The van der Waals surface area contributed by atoms with Crippen LogP contribution in [0.1, 0.15) is 29.2 Å². The molecule has 1 aliphatic heterocycles. The number of amides is 1. The monoisotopic (exact) mass is 396 g/mol. The standard InChI is InChI=1S/C22H24N2O5/c1-14-13-16(29-3)5-6-17(14)20(25)18-19(15-7-9-23-10-8-15)24(11-4-12-28-2)22(27)21(18)26/h5-10,13,19,25H,4,11-12H2,1-3H3/t19-/m1/s1. The lowest BCUT2D eigenvalue weighted by molar-refractivity contribution is -0.140. The Morgan fingerprint density at radius 2 is 1.90 bits per heavy atom. The van der Waals surface area contributed by atoms with Crippen molar-refractivity contribution in [3.05, 3.63) is 65.0 Å². The van der Waals surface area contributed by atoms with Crippen LogP contribution < -0.4 is 4.74 Å². The van der Waals surface area contributed by atoms with E-state index in [2.05, 4.69) is 4.98 Å². The number of methoxy groups -OCH3 is 2. The molecular formula is C22H24N2O5. The number of aliphatic hydroxyl groups is 1. The molecule has 0 aliphatic carbocycles. The van der Waals surface area contributed by atoms with Crippen LogP contribution in [0, 0.1) is 6.92 Å². The lowest BCUT2D eigenvalue weighted by Crippen LogP contribution is -2.31. The molecule has 2 aromatic rings. The number of hydrogen-bond acceptors (Lipinski definition) is 6. The van der Waals surface area contributed by atoms with Crippen LogP contribution in [0.15, 0.2) is 48.3 Å². The Balaban J connectivity index is 2.12. The summed E-state index contributed by atoms with van der Waals surface area (Å²) in [5, 5.41) is 11.1. The van der Waals surface area contributed by atoms with Gasteiger partial charge in [0.2, 0.25) is 0 Å². The van der Waals surface area contributed by atoms with Crippen molar-refractivity contribution in [1.82, 2.24) is 9.88 Å². The molecule has 152 valence electrons. The first kappa shape index (κ1) is 20.5. The fraction of sp³-hybridized carbons (Fsp3) is 0.318. The topological polar surface area (TPSA) is 89.0 Å². The number of rotatable bonds is 7. The molecule has 0 saturated carbocycles. The third kappa shape index (κ3) is 4.00. The lowest BCUT2D eigenvalue weighted by atomic mass is 9.94. The fourth-order valence-corrected chi connectivity index (χ4v) is 3.56. The highest BCUT2D eigenvalue weighted by Gasteiger charge is 2.45. The van der Waals surface area contributed by atoms with Crippen molar-refractivity contribution >= 4 is 17.4 Å². The average molecular weight is 396 g/mol. The predicted molar refractivity (Wildman–Crippen MR) is 107 cm³/mol. The SMILES string of the molecule is COCCCN1C(=O)C(=O)C(=C(O)c2ccc(OC)cc2C)[C@H]1c1ccncc1. The molecule has 7 heteroatoms. The molecular weight excluding hydrogens is 372 g/mol. The number of aliphatic hydroxyl groups excluding tert-OH is 1. The van der Waals surface area contributed by atoms with Gasteiger partial charge in [-0.25, -0.2) is 0 Å². The van der Waals surface area contributed by atoms with E-state index in [0.717, 1.165) is 5.56 Å². The van der Waals surface area contributed by atoms with E-state index in [0.29, 0.717) is 36.4 Å². The molecule has 29 heavy (non-hydrogen) atoms. The van der Waals surface area contributed by atoms with Gasteiger partial charge in [-0.3, -0.25) is 14.6 Å². The van der Waals surface area contributed by atoms with Gasteiger partial charge in [-0.1, -0.05) is 0 Å². The number of carbonyl (C=O) groups is 2. The van der Waals surface area contributed by atoms with Crippen molar-refractivity contribution in [2.75, 3.05) is 27.4 Å². The highest BCUT2D eigenvalue weighted by Crippen LogP contribution is 2.40. The molecule has 1 aromatic carbocycles. The summed E-state index contributed by atoms with van der Waals surface area (Å²) in [7, 11) is 3.14. The minimum absolute atomic E-state index is 0.0758. The van der Waals surface area contributed by atoms with Gasteiger partial charge >= 0.3 is 0 Å². The molecule has 1 N–H and O–H groups in total. The Morgan fingerprint density at radius 3 is 2.52 bits per heavy atom. The predicted octanol–water partition coefficient (Wildman–Crippen LogP) is 2.86. The van der Waals surface area contributed by atoms with Crippen molar-refractivity contribution in [3.8, 4) is 5.75 Å². The number of ketones is 1. The van der Waals surface area contributed by atoms with Crippen LogP contribution in [0.4, 0.5) is 0 Å². The first-order valence-electron chi connectivity index (χ1n) is 9.31. The number of nitrogens with zero attached hydrogens (tertiary/aromatic N) is 2. The summed E-state index contributed by atoms with van der Waals surface area (Å²) in [4.78, 5) is 31.2. The lowest BCUT2D eigenvalue weighted by Gasteiger charge is -2.25. The highest BCUT2D eigenvalue weighted by atomic mass is 16.5. The molecule has 1 aromatic heterocycles. The Morgan fingerprint density at radius 1 is 1.17 bits per heavy atom. The van der Waals surface area contributed by atoms with Crippen LogP contribution in [0.2, 0.25) is 0 Å². The smallest absolute Gasteiger partial charge is 0.295 e. The molecule has 0 radical (unpaired) electrons. The van der Waals surface area contributed by atoms with Crippen LogP contribution in [0.5, 0.6) is 5.75 Å². The molecule has 1 aliphatic rings. The molecule has 0 bridgehead atoms. The van der Waals surface area contributed by atoms with Crippen molar-refractivity contribution in [3.63, 3.8) is 0 Å². The second-order valence-electron chi connectivity index (χ2n) is 6.80. The van der Waals surface area contributed by atoms with E-state index in [1.165, 1.54) is 4.90 Å². The summed E-state index contributed by atoms with van der Waals surface area (Å²) in [5.74, 6) is -0.878. The molecule has 1 fully saturated rings. The number of pyridine rings is 1. The summed E-state index contributed by atoms with van der Waals surface area (Å²) in [5.41, 5.74) is 2.01. The van der Waals surface area contributed by atoms with Gasteiger partial charge in [0, 0.05) is 38.2 Å². The summed E-state index contributed by atoms with van der Waals surface area (Å²) >= 11 is 0. The van der Waals surface area contributed by atoms with Crippen molar-refractivity contribution < 1.29 is 24.2 Å². The number of aromatic nitrogens is 1. The van der Waals surface area contributed by atoms with Gasteiger partial charge in [-0.15, -0.1) is 0 Å². The van der Waals surface area contributed by atoms with Crippen LogP contribution in [0.3, 0.4) is 0 Å².